The smallest absolute Gasteiger partial charge is 0.342 e. The summed E-state index contributed by atoms with van der Waals surface area (Å²) in [6.45, 7) is 8.98. The number of azide groups is 1. The van der Waals surface area contributed by atoms with Gasteiger partial charge in [-0.25, -0.2) is 19.5 Å². The third kappa shape index (κ3) is 8.55. The molecule has 0 amide bonds. The Morgan fingerprint density at radius 1 is 1.22 bits per heavy atom. The van der Waals surface area contributed by atoms with Gasteiger partial charge in [0, 0.05) is 4.91 Å². The van der Waals surface area contributed by atoms with E-state index in [0.717, 1.165) is 10.9 Å². The Morgan fingerprint density at radius 3 is 2.29 bits per heavy atom. The second-order valence-electron chi connectivity index (χ2n) is 11.3. The van der Waals surface area contributed by atoms with Crippen LogP contribution < -0.4 is 21.5 Å². The molecule has 250 valence electrons. The number of aromatic nitrogens is 4. The monoisotopic (exact) mass is 660 g/mol. The summed E-state index contributed by atoms with van der Waals surface area (Å²) in [5.41, 5.74) is 11.2. The summed E-state index contributed by atoms with van der Waals surface area (Å²) in [4.78, 5) is 50.0. The molecule has 19 nitrogen and oxygen atoms in total. The lowest BCUT2D eigenvalue weighted by molar-refractivity contribution is -0.146. The lowest BCUT2D eigenvalue weighted by Gasteiger charge is -2.31. The summed E-state index contributed by atoms with van der Waals surface area (Å²) in [6.07, 6.45) is -5.31. The first-order chi connectivity index (χ1) is 21.0. The fourth-order valence-corrected chi connectivity index (χ4v) is 5.87. The lowest BCUT2D eigenvalue weighted by atomic mass is 10.1. The highest BCUT2D eigenvalue weighted by Crippen LogP contribution is 2.46. The minimum absolute atomic E-state index is 0.00185. The highest BCUT2D eigenvalue weighted by atomic mass is 31.2. The van der Waals surface area contributed by atoms with Crippen LogP contribution in [0.3, 0.4) is 0 Å². The van der Waals surface area contributed by atoms with Crippen LogP contribution in [-0.2, 0) is 32.9 Å². The van der Waals surface area contributed by atoms with Crippen LogP contribution in [0.2, 0.25) is 0 Å². The standard InChI is InChI=1S/C24H38FN10O9P/c1-11(2)7-41-21(38)13(5)31-45(40,32-14(6)22(39)42-8-12(3)4)43-9-24(33-34-27)17(36)15(25)20(44-24)35-10-28-16-18(35)29-23(26)30-19(16)37/h10-15,17,20,36H,7-9H2,1-6H3,(H2,31,32,40)(H3,26,29,30,37)/t13-,14-,15+,17-,20+,24+/m0/s1. The van der Waals surface area contributed by atoms with Crippen molar-refractivity contribution in [2.45, 2.75) is 77.9 Å². The molecule has 0 aromatic carbocycles. The molecule has 0 saturated carbocycles. The third-order valence-electron chi connectivity index (χ3n) is 6.31. The largest absolute Gasteiger partial charge is 0.464 e. The summed E-state index contributed by atoms with van der Waals surface area (Å²) < 4.78 is 52.2. The van der Waals surface area contributed by atoms with E-state index in [1.807, 2.05) is 27.7 Å². The van der Waals surface area contributed by atoms with Crippen molar-refractivity contribution in [2.24, 2.45) is 17.0 Å². The fourth-order valence-electron chi connectivity index (χ4n) is 4.05. The van der Waals surface area contributed by atoms with E-state index in [4.69, 9.17) is 24.5 Å². The summed E-state index contributed by atoms with van der Waals surface area (Å²) >= 11 is 0. The van der Waals surface area contributed by atoms with Crippen molar-refractivity contribution in [1.82, 2.24) is 29.7 Å². The Morgan fingerprint density at radius 2 is 1.78 bits per heavy atom. The SMILES string of the molecule is CC(C)COC(=O)[C@H](C)NP(=O)(N[C@@H](C)C(=O)OCC(C)C)OC[C@@]1(N=[N+]=[N-])O[C@@H](n2cnc3c(=O)[nH]c(N)nc32)[C@H](F)[C@@H]1O. The van der Waals surface area contributed by atoms with Gasteiger partial charge in [0.1, 0.15) is 18.2 Å². The van der Waals surface area contributed by atoms with Crippen LogP contribution in [0.4, 0.5) is 10.3 Å². The average Bonchev–Trinajstić information content (AvgIpc) is 3.48. The van der Waals surface area contributed by atoms with Crippen molar-refractivity contribution in [1.29, 1.82) is 0 Å². The Labute approximate surface area is 256 Å². The first-order valence-electron chi connectivity index (χ1n) is 13.9. The van der Waals surface area contributed by atoms with E-state index in [2.05, 4.69) is 35.2 Å². The second kappa shape index (κ2) is 14.6. The maximum Gasteiger partial charge on any atom is 0.342 e. The molecular weight excluding hydrogens is 622 g/mol. The second-order valence-corrected chi connectivity index (χ2v) is 13.2. The number of ether oxygens (including phenoxy) is 3. The highest BCUT2D eigenvalue weighted by molar-refractivity contribution is 7.54. The first-order valence-corrected chi connectivity index (χ1v) is 15.6. The van der Waals surface area contributed by atoms with E-state index >= 15 is 4.39 Å². The number of fused-ring (bicyclic) bond motifs is 1. The molecule has 0 radical (unpaired) electrons. The lowest BCUT2D eigenvalue weighted by Crippen LogP contribution is -2.47. The average molecular weight is 661 g/mol. The molecule has 2 aromatic rings. The Bertz CT molecular complexity index is 1490. The number of hydrogen-bond donors (Lipinski definition) is 5. The molecule has 0 aliphatic carbocycles. The number of nitrogens with two attached hydrogens (primary N) is 1. The number of imidazole rings is 1. The molecule has 21 heteroatoms. The normalized spacial score (nSPS) is 23.2. The number of esters is 2. The van der Waals surface area contributed by atoms with Gasteiger partial charge in [-0.2, -0.15) is 4.98 Å². The number of aliphatic hydroxyl groups excluding tert-OH is 1. The number of nitrogens with zero attached hydrogens (tertiary/aromatic N) is 6. The van der Waals surface area contributed by atoms with Gasteiger partial charge in [0.2, 0.25) is 11.7 Å². The van der Waals surface area contributed by atoms with Crippen LogP contribution in [-0.4, -0.2) is 86.5 Å². The molecule has 1 aliphatic rings. The number of anilines is 1. The van der Waals surface area contributed by atoms with Crippen molar-refractivity contribution >= 4 is 36.7 Å². The molecule has 3 heterocycles. The number of rotatable bonds is 15. The molecule has 0 spiro atoms. The maximum atomic E-state index is 15.6. The van der Waals surface area contributed by atoms with Crippen LogP contribution in [0.15, 0.2) is 16.2 Å². The van der Waals surface area contributed by atoms with Gasteiger partial charge in [0.25, 0.3) is 5.56 Å². The molecule has 1 aliphatic heterocycles. The quantitative estimate of drug-likeness (QED) is 0.0594. The van der Waals surface area contributed by atoms with Gasteiger partial charge in [-0.3, -0.25) is 28.5 Å². The van der Waals surface area contributed by atoms with Gasteiger partial charge in [0.05, 0.1) is 26.1 Å². The molecule has 45 heavy (non-hydrogen) atoms. The number of aromatic amines is 1. The van der Waals surface area contributed by atoms with Crippen molar-refractivity contribution < 1.29 is 42.4 Å². The van der Waals surface area contributed by atoms with Crippen LogP contribution in [0.5, 0.6) is 0 Å². The minimum Gasteiger partial charge on any atom is -0.464 e. The molecule has 2 aromatic heterocycles. The fraction of sp³-hybridized carbons (Fsp3) is 0.708. The third-order valence-corrected chi connectivity index (χ3v) is 8.25. The van der Waals surface area contributed by atoms with E-state index in [1.54, 1.807) is 0 Å². The van der Waals surface area contributed by atoms with Crippen LogP contribution in [0.1, 0.15) is 47.8 Å². The zero-order valence-corrected chi connectivity index (χ0v) is 26.4. The van der Waals surface area contributed by atoms with Crippen LogP contribution in [0.25, 0.3) is 21.6 Å². The Hall–Kier alpha value is -3.64. The number of aliphatic hydroxyl groups is 1. The van der Waals surface area contributed by atoms with Gasteiger partial charge < -0.3 is 29.6 Å². The summed E-state index contributed by atoms with van der Waals surface area (Å²) in [5, 5.41) is 19.2. The van der Waals surface area contributed by atoms with Crippen molar-refractivity contribution in [2.75, 3.05) is 25.6 Å². The van der Waals surface area contributed by atoms with Gasteiger partial charge in [-0.1, -0.05) is 32.8 Å². The first kappa shape index (κ1) is 35.8. The molecule has 1 fully saturated rings. The molecule has 1 saturated heterocycles. The predicted molar refractivity (Wildman–Crippen MR) is 156 cm³/mol. The predicted octanol–water partition coefficient (Wildman–Crippen LogP) is 1.42. The van der Waals surface area contributed by atoms with Crippen LogP contribution >= 0.6 is 7.67 Å². The zero-order chi connectivity index (χ0) is 33.7. The van der Waals surface area contributed by atoms with E-state index in [0.29, 0.717) is 0 Å². The highest BCUT2D eigenvalue weighted by Gasteiger charge is 2.57. The molecule has 3 rings (SSSR count). The summed E-state index contributed by atoms with van der Waals surface area (Å²) in [7, 11) is -4.52. The number of carbonyl (C=O) groups excluding carboxylic acids is 2. The maximum absolute atomic E-state index is 15.6. The molecule has 0 bridgehead atoms. The number of nitrogens with one attached hydrogen (secondary N) is 3. The molecule has 0 unspecified atom stereocenters. The van der Waals surface area contributed by atoms with E-state index in [-0.39, 0.29) is 42.2 Å². The topological polar surface area (TPSA) is 271 Å². The molecule has 6 atom stereocenters. The van der Waals surface area contributed by atoms with E-state index in [1.165, 1.54) is 13.8 Å². The minimum atomic E-state index is -4.52. The molecular formula is C24H38FN10O9P. The summed E-state index contributed by atoms with van der Waals surface area (Å²) in [6, 6.07) is -2.53. The van der Waals surface area contributed by atoms with Gasteiger partial charge in [0.15, 0.2) is 23.6 Å². The number of nitrogen functional groups attached to an aromatic ring is 1. The Balaban J connectivity index is 1.91. The number of hydrogen-bond acceptors (Lipinski definition) is 13. The van der Waals surface area contributed by atoms with Crippen LogP contribution in [0, 0.1) is 11.8 Å². The number of carbonyl (C=O) groups is 2. The number of alkyl halides is 1. The van der Waals surface area contributed by atoms with E-state index in [9.17, 15) is 29.6 Å². The van der Waals surface area contributed by atoms with Gasteiger partial charge >= 0.3 is 19.6 Å². The van der Waals surface area contributed by atoms with Gasteiger partial charge in [-0.15, -0.1) is 0 Å². The molecule has 6 N–H and O–H groups in total. The van der Waals surface area contributed by atoms with Crippen molar-refractivity contribution in [3.63, 3.8) is 0 Å². The number of halogens is 1. The van der Waals surface area contributed by atoms with Crippen molar-refractivity contribution in [3.05, 3.63) is 27.1 Å². The zero-order valence-electron chi connectivity index (χ0n) is 25.5. The number of H-pyrrole nitrogens is 1. The van der Waals surface area contributed by atoms with E-state index < -0.39 is 68.1 Å². The Kier molecular flexibility index (Phi) is 11.7. The van der Waals surface area contributed by atoms with Gasteiger partial charge in [-0.05, 0) is 31.2 Å². The summed E-state index contributed by atoms with van der Waals surface area (Å²) in [5.74, 6) is -1.91. The van der Waals surface area contributed by atoms with Crippen molar-refractivity contribution in [3.8, 4) is 0 Å².